The molecule has 12 heavy (non-hydrogen) atoms. The Morgan fingerprint density at radius 3 is 2.83 bits per heavy atom. The third kappa shape index (κ3) is 1.50. The molecule has 0 amide bonds. The second-order valence-electron chi connectivity index (χ2n) is 2.18. The summed E-state index contributed by atoms with van der Waals surface area (Å²) in [5, 5.41) is 0. The summed E-state index contributed by atoms with van der Waals surface area (Å²) in [6, 6.07) is 1.66. The summed E-state index contributed by atoms with van der Waals surface area (Å²) in [6.07, 6.45) is 3.79. The highest BCUT2D eigenvalue weighted by Gasteiger charge is 2.00. The van der Waals surface area contributed by atoms with Gasteiger partial charge in [0, 0.05) is 17.8 Å². The lowest BCUT2D eigenvalue weighted by Crippen LogP contribution is -1.92. The number of carbonyl (C=O) groups is 1. The van der Waals surface area contributed by atoms with Gasteiger partial charge in [0.1, 0.15) is 0 Å². The van der Waals surface area contributed by atoms with Gasteiger partial charge in [0.05, 0.1) is 7.11 Å². The van der Waals surface area contributed by atoms with Crippen molar-refractivity contribution in [3.05, 3.63) is 30.0 Å². The van der Waals surface area contributed by atoms with Crippen LogP contribution in [0.15, 0.2) is 18.8 Å². The molecule has 0 saturated heterocycles. The molecule has 0 bridgehead atoms. The van der Waals surface area contributed by atoms with Crippen LogP contribution in [0.5, 0.6) is 5.88 Å². The zero-order valence-corrected chi connectivity index (χ0v) is 6.78. The molecule has 1 rings (SSSR count). The predicted molar refractivity (Wildman–Crippen MR) is 46.3 cm³/mol. The van der Waals surface area contributed by atoms with E-state index in [4.69, 9.17) is 4.74 Å². The fourth-order valence-electron chi connectivity index (χ4n) is 0.848. The monoisotopic (exact) mass is 163 g/mol. The average molecular weight is 163 g/mol. The Balaban J connectivity index is 3.18. The van der Waals surface area contributed by atoms with Crippen molar-refractivity contribution in [2.24, 2.45) is 0 Å². The Morgan fingerprint density at radius 2 is 2.33 bits per heavy atom. The number of nitrogens with zero attached hydrogens (tertiary/aromatic N) is 1. The second-order valence-corrected chi connectivity index (χ2v) is 2.18. The largest absolute Gasteiger partial charge is 0.481 e. The van der Waals surface area contributed by atoms with Gasteiger partial charge >= 0.3 is 0 Å². The van der Waals surface area contributed by atoms with Crippen molar-refractivity contribution in [1.82, 2.24) is 4.98 Å². The highest BCUT2D eigenvalue weighted by Crippen LogP contribution is 2.13. The molecule has 0 radical (unpaired) electrons. The van der Waals surface area contributed by atoms with E-state index < -0.39 is 0 Å². The summed E-state index contributed by atoms with van der Waals surface area (Å²) >= 11 is 0. The maximum atomic E-state index is 10.5. The SMILES string of the molecule is C=Cc1cc(OC)ncc1C=O. The van der Waals surface area contributed by atoms with E-state index in [0.717, 1.165) is 11.8 Å². The molecule has 0 saturated carbocycles. The molecule has 3 nitrogen and oxygen atoms in total. The Bertz CT molecular complexity index is 307. The third-order valence-electron chi connectivity index (χ3n) is 1.50. The van der Waals surface area contributed by atoms with E-state index in [1.54, 1.807) is 12.1 Å². The molecule has 62 valence electrons. The van der Waals surface area contributed by atoms with Crippen LogP contribution >= 0.6 is 0 Å². The van der Waals surface area contributed by atoms with E-state index in [-0.39, 0.29) is 0 Å². The molecular formula is C9H9NO2. The maximum absolute atomic E-state index is 10.5. The lowest BCUT2D eigenvalue weighted by Gasteiger charge is -2.01. The van der Waals surface area contributed by atoms with Crippen LogP contribution in [-0.4, -0.2) is 18.4 Å². The van der Waals surface area contributed by atoms with Gasteiger partial charge in [-0.25, -0.2) is 4.98 Å². The van der Waals surface area contributed by atoms with Crippen LogP contribution < -0.4 is 4.74 Å². The van der Waals surface area contributed by atoms with Crippen LogP contribution in [0.1, 0.15) is 15.9 Å². The fourth-order valence-corrected chi connectivity index (χ4v) is 0.848. The van der Waals surface area contributed by atoms with Gasteiger partial charge in [-0.15, -0.1) is 0 Å². The minimum absolute atomic E-state index is 0.482. The zero-order valence-electron chi connectivity index (χ0n) is 6.78. The van der Waals surface area contributed by atoms with Gasteiger partial charge in [-0.2, -0.15) is 0 Å². The number of aldehydes is 1. The first-order valence-corrected chi connectivity index (χ1v) is 3.43. The first-order valence-electron chi connectivity index (χ1n) is 3.43. The molecular weight excluding hydrogens is 154 g/mol. The lowest BCUT2D eigenvalue weighted by molar-refractivity contribution is 0.112. The van der Waals surface area contributed by atoms with Crippen LogP contribution in [0.2, 0.25) is 0 Å². The maximum Gasteiger partial charge on any atom is 0.213 e. The van der Waals surface area contributed by atoms with Crippen molar-refractivity contribution in [2.75, 3.05) is 7.11 Å². The first-order chi connectivity index (χ1) is 5.81. The Morgan fingerprint density at radius 1 is 1.58 bits per heavy atom. The first kappa shape index (κ1) is 8.46. The predicted octanol–water partition coefficient (Wildman–Crippen LogP) is 1.55. The van der Waals surface area contributed by atoms with Crippen molar-refractivity contribution in [3.63, 3.8) is 0 Å². The summed E-state index contributed by atoms with van der Waals surface area (Å²) in [5.41, 5.74) is 1.25. The molecule has 0 N–H and O–H groups in total. The topological polar surface area (TPSA) is 39.2 Å². The molecule has 3 heteroatoms. The Labute approximate surface area is 70.7 Å². The van der Waals surface area contributed by atoms with Crippen molar-refractivity contribution >= 4 is 12.4 Å². The van der Waals surface area contributed by atoms with Gasteiger partial charge in [-0.05, 0) is 5.56 Å². The quantitative estimate of drug-likeness (QED) is 0.634. The minimum atomic E-state index is 0.482. The number of aromatic nitrogens is 1. The molecule has 0 aliphatic heterocycles. The number of methoxy groups -OCH3 is 1. The molecule has 0 aliphatic carbocycles. The summed E-state index contributed by atoms with van der Waals surface area (Å²) < 4.78 is 4.88. The normalized spacial score (nSPS) is 9.08. The van der Waals surface area contributed by atoms with Crippen LogP contribution in [0, 0.1) is 0 Å². The van der Waals surface area contributed by atoms with Crippen LogP contribution in [0.25, 0.3) is 6.08 Å². The molecule has 0 unspecified atom stereocenters. The van der Waals surface area contributed by atoms with Crippen LogP contribution in [0.4, 0.5) is 0 Å². The number of carbonyl (C=O) groups excluding carboxylic acids is 1. The molecule has 0 fully saturated rings. The number of rotatable bonds is 3. The second kappa shape index (κ2) is 3.67. The van der Waals surface area contributed by atoms with Crippen molar-refractivity contribution in [3.8, 4) is 5.88 Å². The Kier molecular flexibility index (Phi) is 2.58. The van der Waals surface area contributed by atoms with Gasteiger partial charge in [0.15, 0.2) is 6.29 Å². The van der Waals surface area contributed by atoms with E-state index in [1.807, 2.05) is 0 Å². The molecule has 0 aliphatic rings. The highest BCUT2D eigenvalue weighted by molar-refractivity contribution is 5.81. The van der Waals surface area contributed by atoms with Crippen LogP contribution in [-0.2, 0) is 0 Å². The van der Waals surface area contributed by atoms with Gasteiger partial charge in [0.2, 0.25) is 5.88 Å². The van der Waals surface area contributed by atoms with Gasteiger partial charge < -0.3 is 4.74 Å². The van der Waals surface area contributed by atoms with Gasteiger partial charge in [-0.3, -0.25) is 4.79 Å². The molecule has 1 heterocycles. The van der Waals surface area contributed by atoms with E-state index in [2.05, 4.69) is 11.6 Å². The molecule has 1 aromatic rings. The standard InChI is InChI=1S/C9H9NO2/c1-3-7-4-9(12-2)10-5-8(7)6-11/h3-6H,1H2,2H3. The molecule has 0 aromatic carbocycles. The summed E-state index contributed by atoms with van der Waals surface area (Å²) in [7, 11) is 1.52. The number of hydrogen-bond donors (Lipinski definition) is 0. The van der Waals surface area contributed by atoms with Crippen molar-refractivity contribution in [2.45, 2.75) is 0 Å². The third-order valence-corrected chi connectivity index (χ3v) is 1.50. The van der Waals surface area contributed by atoms with Gasteiger partial charge in [0.25, 0.3) is 0 Å². The lowest BCUT2D eigenvalue weighted by atomic mass is 10.1. The molecule has 1 aromatic heterocycles. The number of hydrogen-bond acceptors (Lipinski definition) is 3. The van der Waals surface area contributed by atoms with E-state index in [9.17, 15) is 4.79 Å². The van der Waals surface area contributed by atoms with E-state index >= 15 is 0 Å². The molecule has 0 atom stereocenters. The van der Waals surface area contributed by atoms with Crippen molar-refractivity contribution < 1.29 is 9.53 Å². The fraction of sp³-hybridized carbons (Fsp3) is 0.111. The smallest absolute Gasteiger partial charge is 0.213 e. The summed E-state index contributed by atoms with van der Waals surface area (Å²) in [4.78, 5) is 14.3. The summed E-state index contributed by atoms with van der Waals surface area (Å²) in [5.74, 6) is 0.482. The molecule has 0 spiro atoms. The number of pyridine rings is 1. The summed E-state index contributed by atoms with van der Waals surface area (Å²) in [6.45, 7) is 3.57. The highest BCUT2D eigenvalue weighted by atomic mass is 16.5. The Hall–Kier alpha value is -1.64. The van der Waals surface area contributed by atoms with Gasteiger partial charge in [-0.1, -0.05) is 12.7 Å². The zero-order chi connectivity index (χ0) is 8.97. The minimum Gasteiger partial charge on any atom is -0.481 e. The van der Waals surface area contributed by atoms with Crippen LogP contribution in [0.3, 0.4) is 0 Å². The van der Waals surface area contributed by atoms with E-state index in [1.165, 1.54) is 13.3 Å². The average Bonchev–Trinajstić information content (AvgIpc) is 2.16. The number of ether oxygens (including phenoxy) is 1. The van der Waals surface area contributed by atoms with Crippen molar-refractivity contribution in [1.29, 1.82) is 0 Å². The van der Waals surface area contributed by atoms with E-state index in [0.29, 0.717) is 11.4 Å².